The number of amides is 1. The second kappa shape index (κ2) is 9.05. The van der Waals surface area contributed by atoms with Crippen LogP contribution in [0.25, 0.3) is 10.8 Å². The van der Waals surface area contributed by atoms with Gasteiger partial charge in [-0.1, -0.05) is 56.3 Å². The maximum atomic E-state index is 13.1. The van der Waals surface area contributed by atoms with E-state index < -0.39 is 9.84 Å². The normalized spacial score (nSPS) is 18.6. The highest BCUT2D eigenvalue weighted by Gasteiger charge is 2.34. The second-order valence-electron chi connectivity index (χ2n) is 7.53. The van der Waals surface area contributed by atoms with Gasteiger partial charge in [0.25, 0.3) is 0 Å². The van der Waals surface area contributed by atoms with Crippen LogP contribution >= 0.6 is 0 Å². The van der Waals surface area contributed by atoms with E-state index >= 15 is 0 Å². The van der Waals surface area contributed by atoms with E-state index in [0.29, 0.717) is 19.4 Å². The molecular weight excluding hydrogens is 372 g/mol. The van der Waals surface area contributed by atoms with Gasteiger partial charge in [-0.25, -0.2) is 8.42 Å². The van der Waals surface area contributed by atoms with Gasteiger partial charge in [-0.15, -0.1) is 0 Å². The zero-order chi connectivity index (χ0) is 20.1. The molecule has 0 N–H and O–H groups in total. The van der Waals surface area contributed by atoms with Gasteiger partial charge in [0.2, 0.25) is 5.91 Å². The molecule has 2 aromatic rings. The Bertz CT molecular complexity index is 922. The van der Waals surface area contributed by atoms with Crippen LogP contribution in [0.2, 0.25) is 0 Å². The van der Waals surface area contributed by atoms with E-state index in [1.54, 1.807) is 0 Å². The van der Waals surface area contributed by atoms with Crippen molar-refractivity contribution in [3.63, 3.8) is 0 Å². The molecule has 0 spiro atoms. The van der Waals surface area contributed by atoms with Crippen molar-refractivity contribution in [2.45, 2.75) is 32.7 Å². The summed E-state index contributed by atoms with van der Waals surface area (Å²) in [5.41, 5.74) is 0.970. The Kier molecular flexibility index (Phi) is 6.73. The number of hydrogen-bond donors (Lipinski definition) is 0. The highest BCUT2D eigenvalue weighted by Crippen LogP contribution is 2.21. The van der Waals surface area contributed by atoms with Crippen LogP contribution in [-0.2, 0) is 21.1 Å². The first-order valence-electron chi connectivity index (χ1n) is 10.1. The fourth-order valence-corrected chi connectivity index (χ4v) is 5.68. The van der Waals surface area contributed by atoms with Crippen LogP contribution in [-0.4, -0.2) is 67.9 Å². The number of hydrogen-bond acceptors (Lipinski definition) is 4. The van der Waals surface area contributed by atoms with Gasteiger partial charge in [0, 0.05) is 19.1 Å². The minimum atomic E-state index is -3.03. The molecule has 6 heteroatoms. The SMILES string of the molecule is CCN(CC)CCN(C(=O)Cc1ccc2ccccc2c1)C1CCS(=O)(=O)C1. The molecule has 1 aliphatic rings. The van der Waals surface area contributed by atoms with E-state index in [1.165, 1.54) is 0 Å². The molecular formula is C22H30N2O3S. The molecule has 1 aliphatic heterocycles. The van der Waals surface area contributed by atoms with E-state index in [2.05, 4.69) is 30.9 Å². The molecule has 3 rings (SSSR count). The maximum absolute atomic E-state index is 13.1. The van der Waals surface area contributed by atoms with Crippen LogP contribution in [0.3, 0.4) is 0 Å². The Morgan fingerprint density at radius 2 is 1.75 bits per heavy atom. The largest absolute Gasteiger partial charge is 0.337 e. The van der Waals surface area contributed by atoms with E-state index in [0.717, 1.165) is 36.0 Å². The molecule has 0 radical (unpaired) electrons. The lowest BCUT2D eigenvalue weighted by atomic mass is 10.0. The van der Waals surface area contributed by atoms with Gasteiger partial charge < -0.3 is 9.80 Å². The van der Waals surface area contributed by atoms with Crippen LogP contribution in [0.1, 0.15) is 25.8 Å². The van der Waals surface area contributed by atoms with E-state index in [-0.39, 0.29) is 23.5 Å². The summed E-state index contributed by atoms with van der Waals surface area (Å²) in [6.07, 6.45) is 0.851. The summed E-state index contributed by atoms with van der Waals surface area (Å²) in [4.78, 5) is 17.2. The van der Waals surface area contributed by atoms with Gasteiger partial charge >= 0.3 is 0 Å². The predicted octanol–water partition coefficient (Wildman–Crippen LogP) is 2.74. The lowest BCUT2D eigenvalue weighted by Gasteiger charge is -2.31. The van der Waals surface area contributed by atoms with E-state index in [9.17, 15) is 13.2 Å². The molecule has 0 saturated carbocycles. The summed E-state index contributed by atoms with van der Waals surface area (Å²) in [6, 6.07) is 14.0. The quantitative estimate of drug-likeness (QED) is 0.681. The van der Waals surface area contributed by atoms with Gasteiger partial charge in [-0.3, -0.25) is 4.79 Å². The number of nitrogens with zero attached hydrogens (tertiary/aromatic N) is 2. The van der Waals surface area contributed by atoms with E-state index in [4.69, 9.17) is 0 Å². The number of benzene rings is 2. The summed E-state index contributed by atoms with van der Waals surface area (Å²) < 4.78 is 23.9. The Balaban J connectivity index is 1.76. The van der Waals surface area contributed by atoms with Gasteiger partial charge in [-0.2, -0.15) is 0 Å². The number of fused-ring (bicyclic) bond motifs is 1. The molecule has 1 unspecified atom stereocenters. The summed E-state index contributed by atoms with van der Waals surface area (Å²) >= 11 is 0. The fraction of sp³-hybridized carbons (Fsp3) is 0.500. The van der Waals surface area contributed by atoms with Crippen LogP contribution in [0, 0.1) is 0 Å². The van der Waals surface area contributed by atoms with Crippen LogP contribution in [0.5, 0.6) is 0 Å². The van der Waals surface area contributed by atoms with Crippen LogP contribution < -0.4 is 0 Å². The highest BCUT2D eigenvalue weighted by atomic mass is 32.2. The molecule has 1 amide bonds. The lowest BCUT2D eigenvalue weighted by molar-refractivity contribution is -0.132. The molecule has 1 fully saturated rings. The van der Waals surface area contributed by atoms with Gasteiger partial charge in [0.1, 0.15) is 0 Å². The Morgan fingerprint density at radius 1 is 1.04 bits per heavy atom. The molecule has 0 aliphatic carbocycles. The summed E-state index contributed by atoms with van der Waals surface area (Å²) in [6.45, 7) is 7.40. The number of likely N-dealkylation sites (N-methyl/N-ethyl adjacent to an activating group) is 1. The number of sulfone groups is 1. The predicted molar refractivity (Wildman–Crippen MR) is 114 cm³/mol. The first-order valence-corrected chi connectivity index (χ1v) is 11.9. The molecule has 0 aromatic heterocycles. The highest BCUT2D eigenvalue weighted by molar-refractivity contribution is 7.91. The van der Waals surface area contributed by atoms with Crippen molar-refractivity contribution in [3.05, 3.63) is 48.0 Å². The molecule has 28 heavy (non-hydrogen) atoms. The molecule has 2 aromatic carbocycles. The molecule has 0 bridgehead atoms. The zero-order valence-corrected chi connectivity index (χ0v) is 17.6. The molecule has 1 atom stereocenters. The van der Waals surface area contributed by atoms with E-state index in [1.807, 2.05) is 35.2 Å². The summed E-state index contributed by atoms with van der Waals surface area (Å²) in [5, 5.41) is 2.27. The molecule has 5 nitrogen and oxygen atoms in total. The average Bonchev–Trinajstić information content (AvgIpc) is 3.04. The smallest absolute Gasteiger partial charge is 0.227 e. The first-order chi connectivity index (χ1) is 13.4. The number of rotatable bonds is 8. The molecule has 1 saturated heterocycles. The monoisotopic (exact) mass is 402 g/mol. The Labute approximate surface area is 168 Å². The molecule has 152 valence electrons. The third-order valence-corrected chi connectivity index (χ3v) is 7.44. The standard InChI is InChI=1S/C22H30N2O3S/c1-3-23(4-2)12-13-24(21-11-14-28(26,27)17-21)22(25)16-18-9-10-19-7-5-6-8-20(19)15-18/h5-10,15,21H,3-4,11-14,16-17H2,1-2H3. The maximum Gasteiger partial charge on any atom is 0.227 e. The van der Waals surface area contributed by atoms with Gasteiger partial charge in [-0.05, 0) is 35.8 Å². The van der Waals surface area contributed by atoms with Crippen molar-refractivity contribution in [2.75, 3.05) is 37.7 Å². The van der Waals surface area contributed by atoms with Crippen molar-refractivity contribution in [1.29, 1.82) is 0 Å². The third-order valence-electron chi connectivity index (χ3n) is 5.69. The molecule has 1 heterocycles. The van der Waals surface area contributed by atoms with Crippen LogP contribution in [0.4, 0.5) is 0 Å². The minimum Gasteiger partial charge on any atom is -0.337 e. The van der Waals surface area contributed by atoms with Gasteiger partial charge in [0.05, 0.1) is 17.9 Å². The third kappa shape index (κ3) is 5.11. The number of carbonyl (C=O) groups is 1. The summed E-state index contributed by atoms with van der Waals surface area (Å²) in [7, 11) is -3.03. The van der Waals surface area contributed by atoms with Crippen molar-refractivity contribution >= 4 is 26.5 Å². The summed E-state index contributed by atoms with van der Waals surface area (Å²) in [5.74, 6) is 0.293. The van der Waals surface area contributed by atoms with Crippen molar-refractivity contribution < 1.29 is 13.2 Å². The first kappa shape index (κ1) is 20.8. The lowest BCUT2D eigenvalue weighted by Crippen LogP contribution is -2.46. The Morgan fingerprint density at radius 3 is 2.39 bits per heavy atom. The average molecular weight is 403 g/mol. The van der Waals surface area contributed by atoms with Crippen molar-refractivity contribution in [1.82, 2.24) is 9.80 Å². The minimum absolute atomic E-state index is 0.0181. The number of carbonyl (C=O) groups excluding carboxylic acids is 1. The topological polar surface area (TPSA) is 57.7 Å². The Hall–Kier alpha value is -1.92. The van der Waals surface area contributed by atoms with Gasteiger partial charge in [0.15, 0.2) is 9.84 Å². The van der Waals surface area contributed by atoms with Crippen molar-refractivity contribution in [2.24, 2.45) is 0 Å². The second-order valence-corrected chi connectivity index (χ2v) is 9.76. The van der Waals surface area contributed by atoms with Crippen molar-refractivity contribution in [3.8, 4) is 0 Å². The fourth-order valence-electron chi connectivity index (χ4n) is 3.95. The zero-order valence-electron chi connectivity index (χ0n) is 16.8. The van der Waals surface area contributed by atoms with Crippen LogP contribution in [0.15, 0.2) is 42.5 Å².